The van der Waals surface area contributed by atoms with Gasteiger partial charge in [-0.25, -0.2) is 14.6 Å². The number of rotatable bonds is 2. The van der Waals surface area contributed by atoms with Crippen molar-refractivity contribution >= 4 is 22.6 Å². The minimum atomic E-state index is 0.392. The van der Waals surface area contributed by atoms with Gasteiger partial charge in [-0.2, -0.15) is 5.10 Å². The minimum Gasteiger partial charge on any atom is -0.462 e. The third-order valence-corrected chi connectivity index (χ3v) is 4.36. The van der Waals surface area contributed by atoms with E-state index in [-0.39, 0.29) is 0 Å². The van der Waals surface area contributed by atoms with E-state index in [1.54, 1.807) is 6.26 Å². The summed E-state index contributed by atoms with van der Waals surface area (Å²) >= 11 is 6.29. The molecule has 3 aromatic heterocycles. The van der Waals surface area contributed by atoms with Crippen molar-refractivity contribution in [2.75, 3.05) is 0 Å². The lowest BCUT2D eigenvalue weighted by molar-refractivity contribution is 0.477. The van der Waals surface area contributed by atoms with Gasteiger partial charge in [0, 0.05) is 0 Å². The van der Waals surface area contributed by atoms with Crippen LogP contribution in [0.4, 0.5) is 0 Å². The molecule has 0 spiro atoms. The Labute approximate surface area is 126 Å². The standard InChI is InChI=1S/C15H15ClN4O/c1-9-6-11(21-7-9)13-12-14(16)17-8-18-15(12)20(19-13)10-4-2-3-5-10/h6-8,10H,2-5H2,1H3. The van der Waals surface area contributed by atoms with E-state index >= 15 is 0 Å². The number of aromatic nitrogens is 4. The molecule has 0 aliphatic heterocycles. The molecule has 0 amide bonds. The minimum absolute atomic E-state index is 0.392. The quantitative estimate of drug-likeness (QED) is 0.667. The van der Waals surface area contributed by atoms with Crippen LogP contribution in [0.15, 0.2) is 23.1 Å². The molecule has 0 atom stereocenters. The van der Waals surface area contributed by atoms with Gasteiger partial charge in [0.05, 0.1) is 17.7 Å². The van der Waals surface area contributed by atoms with Gasteiger partial charge >= 0.3 is 0 Å². The highest BCUT2D eigenvalue weighted by Crippen LogP contribution is 2.37. The summed E-state index contributed by atoms with van der Waals surface area (Å²) in [6.07, 6.45) is 7.95. The van der Waals surface area contributed by atoms with Gasteiger partial charge in [-0.05, 0) is 31.4 Å². The highest BCUT2D eigenvalue weighted by Gasteiger charge is 2.25. The van der Waals surface area contributed by atoms with E-state index in [4.69, 9.17) is 21.1 Å². The molecule has 1 aliphatic rings. The Morgan fingerprint density at radius 1 is 1.29 bits per heavy atom. The molecule has 1 saturated carbocycles. The second kappa shape index (κ2) is 4.84. The average molecular weight is 303 g/mol. The van der Waals surface area contributed by atoms with E-state index in [9.17, 15) is 0 Å². The summed E-state index contributed by atoms with van der Waals surface area (Å²) in [6, 6.07) is 2.35. The maximum atomic E-state index is 6.29. The third kappa shape index (κ3) is 2.03. The lowest BCUT2D eigenvalue weighted by Gasteiger charge is -2.09. The van der Waals surface area contributed by atoms with Crippen LogP contribution in [0.5, 0.6) is 0 Å². The highest BCUT2D eigenvalue weighted by atomic mass is 35.5. The molecule has 1 aliphatic carbocycles. The zero-order valence-electron chi connectivity index (χ0n) is 11.7. The van der Waals surface area contributed by atoms with Gasteiger partial charge in [0.15, 0.2) is 11.4 Å². The summed E-state index contributed by atoms with van der Waals surface area (Å²) in [5.41, 5.74) is 2.59. The van der Waals surface area contributed by atoms with Crippen molar-refractivity contribution in [1.82, 2.24) is 19.7 Å². The first-order valence-corrected chi connectivity index (χ1v) is 7.56. The van der Waals surface area contributed by atoms with Crippen LogP contribution in [0.1, 0.15) is 37.3 Å². The van der Waals surface area contributed by atoms with Crippen LogP contribution < -0.4 is 0 Å². The van der Waals surface area contributed by atoms with Crippen LogP contribution in [0.2, 0.25) is 5.15 Å². The molecule has 3 heterocycles. The van der Waals surface area contributed by atoms with Gasteiger partial charge in [-0.1, -0.05) is 24.4 Å². The summed E-state index contributed by atoms with van der Waals surface area (Å²) in [6.45, 7) is 1.99. The third-order valence-electron chi connectivity index (χ3n) is 4.08. The Morgan fingerprint density at radius 2 is 2.10 bits per heavy atom. The summed E-state index contributed by atoms with van der Waals surface area (Å²) in [4.78, 5) is 8.50. The lowest BCUT2D eigenvalue weighted by Crippen LogP contribution is -2.07. The van der Waals surface area contributed by atoms with E-state index < -0.39 is 0 Å². The van der Waals surface area contributed by atoms with Crippen molar-refractivity contribution < 1.29 is 4.42 Å². The second-order valence-electron chi connectivity index (χ2n) is 5.58. The first-order valence-electron chi connectivity index (χ1n) is 7.18. The molecule has 0 radical (unpaired) electrons. The lowest BCUT2D eigenvalue weighted by atomic mass is 10.2. The van der Waals surface area contributed by atoms with Crippen LogP contribution in [-0.4, -0.2) is 19.7 Å². The summed E-state index contributed by atoms with van der Waals surface area (Å²) in [5.74, 6) is 0.714. The Balaban J connectivity index is 1.97. The molecule has 0 aromatic carbocycles. The number of nitrogens with zero attached hydrogens (tertiary/aromatic N) is 4. The molecule has 0 unspecified atom stereocenters. The van der Waals surface area contributed by atoms with E-state index in [1.165, 1.54) is 19.2 Å². The van der Waals surface area contributed by atoms with Crippen molar-refractivity contribution in [2.24, 2.45) is 0 Å². The molecule has 0 N–H and O–H groups in total. The van der Waals surface area contributed by atoms with E-state index in [0.717, 1.165) is 35.1 Å². The Kier molecular flexibility index (Phi) is 2.96. The molecular formula is C15H15ClN4O. The number of furan rings is 1. The molecule has 108 valence electrons. The zero-order valence-corrected chi connectivity index (χ0v) is 12.5. The van der Waals surface area contributed by atoms with Gasteiger partial charge in [0.2, 0.25) is 0 Å². The van der Waals surface area contributed by atoms with Crippen molar-refractivity contribution in [1.29, 1.82) is 0 Å². The van der Waals surface area contributed by atoms with Crippen LogP contribution in [-0.2, 0) is 0 Å². The first kappa shape index (κ1) is 12.8. The topological polar surface area (TPSA) is 56.7 Å². The van der Waals surface area contributed by atoms with Crippen molar-refractivity contribution in [3.05, 3.63) is 29.4 Å². The number of hydrogen-bond acceptors (Lipinski definition) is 4. The molecule has 3 aromatic rings. The first-order chi connectivity index (χ1) is 10.2. The SMILES string of the molecule is Cc1coc(-c2nn(C3CCCC3)c3ncnc(Cl)c23)c1. The fraction of sp³-hybridized carbons (Fsp3) is 0.400. The maximum Gasteiger partial charge on any atom is 0.163 e. The molecule has 4 rings (SSSR count). The van der Waals surface area contributed by atoms with Crippen LogP contribution in [0, 0.1) is 6.92 Å². The van der Waals surface area contributed by atoms with E-state index in [1.807, 2.05) is 17.7 Å². The van der Waals surface area contributed by atoms with Crippen LogP contribution in [0.25, 0.3) is 22.5 Å². The van der Waals surface area contributed by atoms with Crippen molar-refractivity contribution in [3.63, 3.8) is 0 Å². The molecule has 0 bridgehead atoms. The summed E-state index contributed by atoms with van der Waals surface area (Å²) < 4.78 is 7.60. The number of hydrogen-bond donors (Lipinski definition) is 0. The van der Waals surface area contributed by atoms with Crippen LogP contribution >= 0.6 is 11.6 Å². The monoisotopic (exact) mass is 302 g/mol. The van der Waals surface area contributed by atoms with Crippen molar-refractivity contribution in [3.8, 4) is 11.5 Å². The highest BCUT2D eigenvalue weighted by molar-refractivity contribution is 6.34. The largest absolute Gasteiger partial charge is 0.462 e. The number of fused-ring (bicyclic) bond motifs is 1. The van der Waals surface area contributed by atoms with Gasteiger partial charge in [0.25, 0.3) is 0 Å². The summed E-state index contributed by atoms with van der Waals surface area (Å²) in [7, 11) is 0. The van der Waals surface area contributed by atoms with Gasteiger partial charge in [-0.15, -0.1) is 0 Å². The molecule has 21 heavy (non-hydrogen) atoms. The normalized spacial score (nSPS) is 16.1. The number of halogens is 1. The molecular weight excluding hydrogens is 288 g/mol. The fourth-order valence-corrected chi connectivity index (χ4v) is 3.29. The zero-order chi connectivity index (χ0) is 14.4. The predicted molar refractivity (Wildman–Crippen MR) is 80.3 cm³/mol. The Hall–Kier alpha value is -1.88. The van der Waals surface area contributed by atoms with Crippen LogP contribution in [0.3, 0.4) is 0 Å². The predicted octanol–water partition coefficient (Wildman–Crippen LogP) is 4.16. The maximum absolute atomic E-state index is 6.29. The molecule has 0 saturated heterocycles. The van der Waals surface area contributed by atoms with Gasteiger partial charge in [-0.3, -0.25) is 0 Å². The Morgan fingerprint density at radius 3 is 2.81 bits per heavy atom. The average Bonchev–Trinajstić information content (AvgIpc) is 3.16. The number of aryl methyl sites for hydroxylation is 1. The van der Waals surface area contributed by atoms with Gasteiger partial charge < -0.3 is 4.42 Å². The second-order valence-corrected chi connectivity index (χ2v) is 5.94. The van der Waals surface area contributed by atoms with Crippen molar-refractivity contribution in [2.45, 2.75) is 38.6 Å². The molecule has 1 fully saturated rings. The molecule has 6 heteroatoms. The fourth-order valence-electron chi connectivity index (χ4n) is 3.07. The van der Waals surface area contributed by atoms with Gasteiger partial charge in [0.1, 0.15) is 17.2 Å². The van der Waals surface area contributed by atoms with E-state index in [2.05, 4.69) is 9.97 Å². The summed E-state index contributed by atoms with van der Waals surface area (Å²) in [5, 5.41) is 5.95. The smallest absolute Gasteiger partial charge is 0.163 e. The van der Waals surface area contributed by atoms with E-state index in [0.29, 0.717) is 17.0 Å². The molecule has 5 nitrogen and oxygen atoms in total. The Bertz CT molecular complexity index is 801.